The van der Waals surface area contributed by atoms with Gasteiger partial charge >= 0.3 is 0 Å². The molecule has 3 aromatic rings. The lowest BCUT2D eigenvalue weighted by Crippen LogP contribution is -2.35. The quantitative estimate of drug-likeness (QED) is 0.276. The SMILES string of the molecule is O=c1cc(-c2ccc(O)c(O)c2)oc2cc(O)c(OC3O[C@H](CO)[C@@H](O)[C@@H]3O)c(O)c12. The van der Waals surface area contributed by atoms with Gasteiger partial charge in [0.05, 0.1) is 6.61 Å². The molecular weight excluding hydrogens is 416 g/mol. The van der Waals surface area contributed by atoms with E-state index in [9.17, 15) is 35.4 Å². The van der Waals surface area contributed by atoms with Gasteiger partial charge in [-0.3, -0.25) is 4.79 Å². The number of benzene rings is 2. The molecule has 1 aromatic heterocycles. The van der Waals surface area contributed by atoms with Crippen molar-refractivity contribution in [3.63, 3.8) is 0 Å². The van der Waals surface area contributed by atoms with Crippen molar-refractivity contribution in [3.8, 4) is 40.1 Å². The molecule has 4 atom stereocenters. The van der Waals surface area contributed by atoms with E-state index in [1.807, 2.05) is 0 Å². The molecule has 1 unspecified atom stereocenters. The molecule has 2 heterocycles. The maximum absolute atomic E-state index is 12.6. The van der Waals surface area contributed by atoms with Crippen molar-refractivity contribution in [1.29, 1.82) is 0 Å². The smallest absolute Gasteiger partial charge is 0.229 e. The predicted molar refractivity (Wildman–Crippen MR) is 103 cm³/mol. The average Bonchev–Trinajstić information content (AvgIpc) is 3.00. The lowest BCUT2D eigenvalue weighted by atomic mass is 10.1. The summed E-state index contributed by atoms with van der Waals surface area (Å²) in [5, 5.41) is 68.5. The second kappa shape index (κ2) is 7.63. The summed E-state index contributed by atoms with van der Waals surface area (Å²) in [5.41, 5.74) is -0.675. The van der Waals surface area contributed by atoms with Crippen LogP contribution >= 0.6 is 0 Å². The second-order valence-electron chi connectivity index (χ2n) is 6.95. The molecule has 31 heavy (non-hydrogen) atoms. The van der Waals surface area contributed by atoms with Gasteiger partial charge in [0.2, 0.25) is 12.0 Å². The average molecular weight is 434 g/mol. The fourth-order valence-electron chi connectivity index (χ4n) is 3.29. The van der Waals surface area contributed by atoms with E-state index in [0.717, 1.165) is 12.1 Å². The third-order valence-electron chi connectivity index (χ3n) is 4.92. The maximum atomic E-state index is 12.6. The standard InChI is InChI=1S/C20H18O11/c21-6-14-16(26)18(28)20(30-14)31-19-11(25)5-13-15(17(19)27)10(24)4-12(29-13)7-1-2-8(22)9(23)3-7/h1-5,14,16,18,20-23,25-28H,6H2/t14-,16-,18+,20?/m1/s1. The summed E-state index contributed by atoms with van der Waals surface area (Å²) in [6.07, 6.45) is -5.73. The summed E-state index contributed by atoms with van der Waals surface area (Å²) in [4.78, 5) is 12.6. The molecule has 0 bridgehead atoms. The van der Waals surface area contributed by atoms with E-state index in [0.29, 0.717) is 0 Å². The Morgan fingerprint density at radius 3 is 2.32 bits per heavy atom. The highest BCUT2D eigenvalue weighted by Gasteiger charge is 2.44. The molecule has 0 amide bonds. The van der Waals surface area contributed by atoms with E-state index in [-0.39, 0.29) is 28.0 Å². The van der Waals surface area contributed by atoms with Gasteiger partial charge in [0.1, 0.15) is 35.0 Å². The molecule has 0 spiro atoms. The van der Waals surface area contributed by atoms with Gasteiger partial charge in [0.15, 0.2) is 28.4 Å². The first-order valence-electron chi connectivity index (χ1n) is 9.05. The van der Waals surface area contributed by atoms with Crippen LogP contribution in [-0.4, -0.2) is 67.0 Å². The molecule has 11 heteroatoms. The van der Waals surface area contributed by atoms with Crippen LogP contribution in [0.4, 0.5) is 0 Å². The minimum Gasteiger partial charge on any atom is -0.504 e. The minimum atomic E-state index is -1.59. The highest BCUT2D eigenvalue weighted by atomic mass is 16.7. The highest BCUT2D eigenvalue weighted by Crippen LogP contribution is 2.43. The molecule has 0 radical (unpaired) electrons. The lowest BCUT2D eigenvalue weighted by Gasteiger charge is -2.19. The molecule has 4 rings (SSSR count). The van der Waals surface area contributed by atoms with Crippen LogP contribution < -0.4 is 10.2 Å². The van der Waals surface area contributed by atoms with E-state index in [1.54, 1.807) is 0 Å². The minimum absolute atomic E-state index is 0.0104. The number of aliphatic hydroxyl groups excluding tert-OH is 3. The molecule has 164 valence electrons. The molecule has 0 aliphatic carbocycles. The van der Waals surface area contributed by atoms with Crippen molar-refractivity contribution in [1.82, 2.24) is 0 Å². The molecule has 7 N–H and O–H groups in total. The molecular formula is C20H18O11. The Labute approximate surface area is 173 Å². The number of hydrogen-bond acceptors (Lipinski definition) is 11. The first-order chi connectivity index (χ1) is 14.7. The number of aromatic hydroxyl groups is 4. The molecule has 11 nitrogen and oxygen atoms in total. The molecule has 1 aliphatic heterocycles. The molecule has 1 aliphatic rings. The fourth-order valence-corrected chi connectivity index (χ4v) is 3.29. The number of aliphatic hydroxyl groups is 3. The van der Waals surface area contributed by atoms with Gasteiger partial charge in [-0.25, -0.2) is 0 Å². The van der Waals surface area contributed by atoms with Crippen LogP contribution in [0.25, 0.3) is 22.3 Å². The predicted octanol–water partition coefficient (Wildman–Crippen LogP) is 0.100. The third kappa shape index (κ3) is 3.49. The van der Waals surface area contributed by atoms with E-state index >= 15 is 0 Å². The Kier molecular flexibility index (Phi) is 5.11. The summed E-state index contributed by atoms with van der Waals surface area (Å²) in [5.74, 6) is -2.85. The van der Waals surface area contributed by atoms with Crippen molar-refractivity contribution in [2.45, 2.75) is 24.6 Å². The van der Waals surface area contributed by atoms with Crippen molar-refractivity contribution in [3.05, 3.63) is 40.6 Å². The normalized spacial score (nSPS) is 23.3. The first-order valence-corrected chi connectivity index (χ1v) is 9.05. The number of phenolic OH excluding ortho intramolecular Hbond substituents is 4. The summed E-state index contributed by atoms with van der Waals surface area (Å²) in [6.45, 7) is -0.604. The van der Waals surface area contributed by atoms with Crippen LogP contribution in [0.5, 0.6) is 28.7 Å². The van der Waals surface area contributed by atoms with Crippen molar-refractivity contribution >= 4 is 11.0 Å². The maximum Gasteiger partial charge on any atom is 0.229 e. The number of hydrogen-bond donors (Lipinski definition) is 7. The number of fused-ring (bicyclic) bond motifs is 1. The lowest BCUT2D eigenvalue weighted by molar-refractivity contribution is -0.117. The Morgan fingerprint density at radius 1 is 0.935 bits per heavy atom. The Bertz CT molecular complexity index is 1200. The molecule has 2 aromatic carbocycles. The number of ether oxygens (including phenoxy) is 2. The first kappa shape index (κ1) is 20.8. The number of rotatable bonds is 4. The van der Waals surface area contributed by atoms with Crippen LogP contribution in [0.3, 0.4) is 0 Å². The zero-order chi connectivity index (χ0) is 22.4. The van der Waals surface area contributed by atoms with E-state index in [1.165, 1.54) is 18.2 Å². The van der Waals surface area contributed by atoms with Crippen LogP contribution in [0, 0.1) is 0 Å². The van der Waals surface area contributed by atoms with Gasteiger partial charge < -0.3 is 49.6 Å². The van der Waals surface area contributed by atoms with E-state index < -0.39 is 59.6 Å². The van der Waals surface area contributed by atoms with Crippen LogP contribution in [0.2, 0.25) is 0 Å². The van der Waals surface area contributed by atoms with Gasteiger partial charge in [-0.15, -0.1) is 0 Å². The summed E-state index contributed by atoms with van der Waals surface area (Å²) >= 11 is 0. The van der Waals surface area contributed by atoms with Crippen molar-refractivity contribution in [2.24, 2.45) is 0 Å². The second-order valence-corrected chi connectivity index (χ2v) is 6.95. The molecule has 1 saturated heterocycles. The Balaban J connectivity index is 1.76. The van der Waals surface area contributed by atoms with Crippen molar-refractivity contribution < 1.29 is 49.6 Å². The van der Waals surface area contributed by atoms with Crippen LogP contribution in [0.15, 0.2) is 39.5 Å². The largest absolute Gasteiger partial charge is 0.504 e. The Hall–Kier alpha value is -3.51. The summed E-state index contributed by atoms with van der Waals surface area (Å²) in [6, 6.07) is 5.77. The summed E-state index contributed by atoms with van der Waals surface area (Å²) < 4.78 is 16.0. The van der Waals surface area contributed by atoms with Gasteiger partial charge in [0.25, 0.3) is 0 Å². The molecule has 1 fully saturated rings. The van der Waals surface area contributed by atoms with Gasteiger partial charge in [-0.05, 0) is 18.2 Å². The van der Waals surface area contributed by atoms with E-state index in [4.69, 9.17) is 19.0 Å². The monoisotopic (exact) mass is 434 g/mol. The zero-order valence-corrected chi connectivity index (χ0v) is 15.7. The topological polar surface area (TPSA) is 190 Å². The third-order valence-corrected chi connectivity index (χ3v) is 4.92. The number of phenols is 4. The Morgan fingerprint density at radius 2 is 1.68 bits per heavy atom. The zero-order valence-electron chi connectivity index (χ0n) is 15.7. The molecule has 0 saturated carbocycles. The van der Waals surface area contributed by atoms with Crippen molar-refractivity contribution in [2.75, 3.05) is 6.61 Å². The van der Waals surface area contributed by atoms with Gasteiger partial charge in [-0.1, -0.05) is 0 Å². The van der Waals surface area contributed by atoms with Gasteiger partial charge in [0, 0.05) is 17.7 Å². The highest BCUT2D eigenvalue weighted by molar-refractivity contribution is 5.89. The van der Waals surface area contributed by atoms with Crippen LogP contribution in [0.1, 0.15) is 0 Å². The fraction of sp³-hybridized carbons (Fsp3) is 0.250. The van der Waals surface area contributed by atoms with E-state index in [2.05, 4.69) is 0 Å². The van der Waals surface area contributed by atoms with Crippen LogP contribution in [-0.2, 0) is 4.74 Å². The van der Waals surface area contributed by atoms with Gasteiger partial charge in [-0.2, -0.15) is 0 Å². The summed E-state index contributed by atoms with van der Waals surface area (Å²) in [7, 11) is 0.